The molecule has 0 fully saturated rings. The number of hydrogen-bond donors (Lipinski definition) is 5. The summed E-state index contributed by atoms with van der Waals surface area (Å²) in [5.74, 6) is -1.04. The molecule has 0 bridgehead atoms. The molecule has 8 heteroatoms. The van der Waals surface area contributed by atoms with E-state index in [1.165, 1.54) is 0 Å². The summed E-state index contributed by atoms with van der Waals surface area (Å²) in [5.41, 5.74) is 0. The Morgan fingerprint density at radius 1 is 1.05 bits per heavy atom. The fourth-order valence-electron chi connectivity index (χ4n) is 1.04. The van der Waals surface area contributed by atoms with E-state index in [1.807, 2.05) is 27.7 Å². The van der Waals surface area contributed by atoms with Gasteiger partial charge in [0.25, 0.3) is 0 Å². The SMILES string of the molecule is CC.CCCC(NC(=O)CS)C(=O)O.CCNC(=O)CS. The molecule has 6 nitrogen and oxygen atoms in total. The molecule has 3 N–H and O–H groups in total. The van der Waals surface area contributed by atoms with Crippen molar-refractivity contribution in [2.24, 2.45) is 0 Å². The van der Waals surface area contributed by atoms with Gasteiger partial charge in [0.05, 0.1) is 11.5 Å². The topological polar surface area (TPSA) is 95.5 Å². The average molecular weight is 341 g/mol. The molecule has 0 aliphatic rings. The highest BCUT2D eigenvalue weighted by Crippen LogP contribution is 1.96. The number of carbonyl (C=O) groups excluding carboxylic acids is 2. The molecule has 1 atom stereocenters. The van der Waals surface area contributed by atoms with E-state index in [-0.39, 0.29) is 23.3 Å². The maximum absolute atomic E-state index is 10.8. The van der Waals surface area contributed by atoms with Crippen molar-refractivity contribution in [3.8, 4) is 0 Å². The first-order valence-electron chi connectivity index (χ1n) is 6.93. The summed E-state index contributed by atoms with van der Waals surface area (Å²) >= 11 is 7.46. The van der Waals surface area contributed by atoms with Gasteiger partial charge in [-0.15, -0.1) is 0 Å². The highest BCUT2D eigenvalue weighted by molar-refractivity contribution is 7.81. The van der Waals surface area contributed by atoms with Crippen molar-refractivity contribution in [3.63, 3.8) is 0 Å². The standard InChI is InChI=1S/C7H13NO3S.C4H9NOS.C2H6/c1-2-3-5(7(10)11)8-6(9)4-12;1-2-5-4(6)3-7;1-2/h5,12H,2-4H2,1H3,(H,8,9)(H,10,11);7H,2-3H2,1H3,(H,5,6);1-2H3. The molecular weight excluding hydrogens is 312 g/mol. The Morgan fingerprint density at radius 2 is 1.52 bits per heavy atom. The summed E-state index contributed by atoms with van der Waals surface area (Å²) in [4.78, 5) is 31.5. The summed E-state index contributed by atoms with van der Waals surface area (Å²) in [6.07, 6.45) is 1.18. The minimum atomic E-state index is -0.994. The molecule has 21 heavy (non-hydrogen) atoms. The molecule has 0 aromatic rings. The van der Waals surface area contributed by atoms with Crippen molar-refractivity contribution >= 4 is 43.0 Å². The van der Waals surface area contributed by atoms with Crippen LogP contribution in [-0.2, 0) is 14.4 Å². The molecule has 0 saturated carbocycles. The molecule has 0 aromatic carbocycles. The molecule has 0 aromatic heterocycles. The van der Waals surface area contributed by atoms with Crippen LogP contribution < -0.4 is 10.6 Å². The summed E-state index contributed by atoms with van der Waals surface area (Å²) < 4.78 is 0. The molecule has 0 aliphatic carbocycles. The Balaban J connectivity index is -0.000000307. The summed E-state index contributed by atoms with van der Waals surface area (Å²) in [7, 11) is 0. The van der Waals surface area contributed by atoms with Gasteiger partial charge in [-0.2, -0.15) is 25.3 Å². The lowest BCUT2D eigenvalue weighted by Gasteiger charge is -2.11. The van der Waals surface area contributed by atoms with Gasteiger partial charge in [0.15, 0.2) is 0 Å². The van der Waals surface area contributed by atoms with Gasteiger partial charge < -0.3 is 15.7 Å². The lowest BCUT2D eigenvalue weighted by molar-refractivity contribution is -0.141. The number of carbonyl (C=O) groups is 3. The van der Waals surface area contributed by atoms with Gasteiger partial charge in [-0.1, -0.05) is 27.2 Å². The second-order valence-corrected chi connectivity index (χ2v) is 4.15. The fraction of sp³-hybridized carbons (Fsp3) is 0.769. The third-order valence-electron chi connectivity index (χ3n) is 1.87. The van der Waals surface area contributed by atoms with Gasteiger partial charge in [-0.05, 0) is 13.3 Å². The Bertz CT molecular complexity index is 287. The fourth-order valence-corrected chi connectivity index (χ4v) is 1.24. The summed E-state index contributed by atoms with van der Waals surface area (Å²) in [5, 5.41) is 13.5. The zero-order valence-corrected chi connectivity index (χ0v) is 15.0. The molecule has 0 radical (unpaired) electrons. The zero-order chi connectivity index (χ0) is 17.3. The molecule has 126 valence electrons. The van der Waals surface area contributed by atoms with Crippen molar-refractivity contribution in [1.29, 1.82) is 0 Å². The predicted molar refractivity (Wildman–Crippen MR) is 92.2 cm³/mol. The van der Waals surface area contributed by atoms with Crippen molar-refractivity contribution in [2.75, 3.05) is 18.1 Å². The number of nitrogens with one attached hydrogen (secondary N) is 2. The van der Waals surface area contributed by atoms with Crippen molar-refractivity contribution in [1.82, 2.24) is 10.6 Å². The van der Waals surface area contributed by atoms with Gasteiger partial charge in [0, 0.05) is 6.54 Å². The zero-order valence-electron chi connectivity index (χ0n) is 13.2. The van der Waals surface area contributed by atoms with E-state index in [0.717, 1.165) is 6.42 Å². The molecule has 0 spiro atoms. The molecule has 2 amide bonds. The minimum Gasteiger partial charge on any atom is -0.480 e. The van der Waals surface area contributed by atoms with Crippen LogP contribution in [-0.4, -0.2) is 47.0 Å². The lowest BCUT2D eigenvalue weighted by Crippen LogP contribution is -2.41. The largest absolute Gasteiger partial charge is 0.480 e. The van der Waals surface area contributed by atoms with E-state index >= 15 is 0 Å². The van der Waals surface area contributed by atoms with Crippen LogP contribution in [0.4, 0.5) is 0 Å². The predicted octanol–water partition coefficient (Wildman–Crippen LogP) is 1.36. The van der Waals surface area contributed by atoms with Gasteiger partial charge in [0.1, 0.15) is 6.04 Å². The third-order valence-corrected chi connectivity index (χ3v) is 2.45. The van der Waals surface area contributed by atoms with Crippen LogP contribution in [0.5, 0.6) is 0 Å². The molecular formula is C13H28N2O4S2. The van der Waals surface area contributed by atoms with Crippen LogP contribution in [0.15, 0.2) is 0 Å². The number of amides is 2. The van der Waals surface area contributed by atoms with E-state index < -0.39 is 12.0 Å². The second-order valence-electron chi connectivity index (χ2n) is 3.52. The number of aliphatic carboxylic acids is 1. The Labute approximate surface area is 138 Å². The number of rotatable bonds is 7. The molecule has 0 aliphatic heterocycles. The summed E-state index contributed by atoms with van der Waals surface area (Å²) in [6.45, 7) is 8.43. The van der Waals surface area contributed by atoms with Crippen LogP contribution in [0, 0.1) is 0 Å². The Kier molecular flexibility index (Phi) is 22.8. The van der Waals surface area contributed by atoms with E-state index in [4.69, 9.17) is 5.11 Å². The first kappa shape index (κ1) is 25.1. The highest BCUT2D eigenvalue weighted by atomic mass is 32.1. The average Bonchev–Trinajstić information content (AvgIpc) is 2.49. The number of carboxylic acids is 1. The van der Waals surface area contributed by atoms with Crippen molar-refractivity contribution in [3.05, 3.63) is 0 Å². The van der Waals surface area contributed by atoms with Crippen LogP contribution in [0.3, 0.4) is 0 Å². The highest BCUT2D eigenvalue weighted by Gasteiger charge is 2.17. The van der Waals surface area contributed by atoms with E-state index in [1.54, 1.807) is 0 Å². The normalized spacial score (nSPS) is 10.0. The van der Waals surface area contributed by atoms with Crippen LogP contribution in [0.1, 0.15) is 40.5 Å². The second kappa shape index (κ2) is 19.1. The van der Waals surface area contributed by atoms with Gasteiger partial charge >= 0.3 is 5.97 Å². The number of carboxylic acid groups (broad SMARTS) is 1. The van der Waals surface area contributed by atoms with Gasteiger partial charge in [0.2, 0.25) is 11.8 Å². The Hall–Kier alpha value is -0.890. The van der Waals surface area contributed by atoms with Crippen LogP contribution >= 0.6 is 25.3 Å². The maximum atomic E-state index is 10.8. The smallest absolute Gasteiger partial charge is 0.326 e. The Morgan fingerprint density at radius 3 is 1.76 bits per heavy atom. The van der Waals surface area contributed by atoms with Crippen LogP contribution in [0.25, 0.3) is 0 Å². The van der Waals surface area contributed by atoms with E-state index in [9.17, 15) is 14.4 Å². The first-order chi connectivity index (χ1) is 9.92. The quantitative estimate of drug-likeness (QED) is 0.452. The van der Waals surface area contributed by atoms with Crippen molar-refractivity contribution in [2.45, 2.75) is 46.6 Å². The third kappa shape index (κ3) is 19.1. The van der Waals surface area contributed by atoms with Gasteiger partial charge in [-0.3, -0.25) is 9.59 Å². The number of hydrogen-bond acceptors (Lipinski definition) is 5. The van der Waals surface area contributed by atoms with Gasteiger partial charge in [-0.25, -0.2) is 4.79 Å². The summed E-state index contributed by atoms with van der Waals surface area (Å²) in [6, 6.07) is -0.769. The maximum Gasteiger partial charge on any atom is 0.326 e. The van der Waals surface area contributed by atoms with Crippen LogP contribution in [0.2, 0.25) is 0 Å². The monoisotopic (exact) mass is 340 g/mol. The minimum absolute atomic E-state index is 0.00849. The molecule has 0 saturated heterocycles. The van der Waals surface area contributed by atoms with Crippen molar-refractivity contribution < 1.29 is 19.5 Å². The molecule has 0 rings (SSSR count). The number of thiol groups is 2. The molecule has 0 heterocycles. The lowest BCUT2D eigenvalue weighted by atomic mass is 10.2. The van der Waals surface area contributed by atoms with E-state index in [2.05, 4.69) is 35.9 Å². The molecule has 1 unspecified atom stereocenters. The van der Waals surface area contributed by atoms with E-state index in [0.29, 0.717) is 13.0 Å². The first-order valence-corrected chi connectivity index (χ1v) is 8.19.